The van der Waals surface area contributed by atoms with Crippen LogP contribution >= 0.6 is 0 Å². The summed E-state index contributed by atoms with van der Waals surface area (Å²) in [6.45, 7) is 1.17. The highest BCUT2D eigenvalue weighted by Crippen LogP contribution is 2.17. The van der Waals surface area contributed by atoms with Crippen molar-refractivity contribution in [1.82, 2.24) is 9.55 Å². The lowest BCUT2D eigenvalue weighted by molar-refractivity contribution is 0.318. The molecule has 0 amide bonds. The van der Waals surface area contributed by atoms with Crippen LogP contribution in [0.4, 0.5) is 0 Å². The number of hydrogen-bond donors (Lipinski definition) is 1. The average molecular weight is 281 g/mol. The summed E-state index contributed by atoms with van der Waals surface area (Å²) in [6.07, 6.45) is 0.776. The van der Waals surface area contributed by atoms with Gasteiger partial charge in [0.1, 0.15) is 11.6 Å². The molecule has 4 heteroatoms. The Morgan fingerprint density at radius 3 is 2.71 bits per heavy atom. The van der Waals surface area contributed by atoms with Gasteiger partial charge in [0.05, 0.1) is 17.6 Å². The molecule has 0 bridgehead atoms. The van der Waals surface area contributed by atoms with Crippen LogP contribution in [-0.4, -0.2) is 16.2 Å². The minimum absolute atomic E-state index is 0.549. The maximum atomic E-state index is 5.73. The molecule has 0 fully saturated rings. The number of nitrogens with zero attached hydrogens (tertiary/aromatic N) is 2. The maximum Gasteiger partial charge on any atom is 0.119 e. The Morgan fingerprint density at radius 2 is 1.95 bits per heavy atom. The van der Waals surface area contributed by atoms with Gasteiger partial charge in [-0.2, -0.15) is 0 Å². The van der Waals surface area contributed by atoms with Gasteiger partial charge in [0.2, 0.25) is 0 Å². The lowest BCUT2D eigenvalue weighted by Gasteiger charge is -2.06. The molecule has 2 N–H and O–H groups in total. The third-order valence-electron chi connectivity index (χ3n) is 3.61. The number of fused-ring (bicyclic) bond motifs is 1. The molecule has 0 aliphatic carbocycles. The Morgan fingerprint density at radius 1 is 1.14 bits per heavy atom. The van der Waals surface area contributed by atoms with Crippen LogP contribution < -0.4 is 10.5 Å². The Balaban J connectivity index is 1.73. The first-order valence-electron chi connectivity index (χ1n) is 7.10. The van der Waals surface area contributed by atoms with Crippen molar-refractivity contribution in [3.63, 3.8) is 0 Å². The third-order valence-corrected chi connectivity index (χ3v) is 3.61. The molecular weight excluding hydrogens is 262 g/mol. The molecule has 0 spiro atoms. The highest BCUT2D eigenvalue weighted by molar-refractivity contribution is 5.76. The second kappa shape index (κ2) is 5.97. The van der Waals surface area contributed by atoms with Crippen LogP contribution in [0.2, 0.25) is 0 Å². The quantitative estimate of drug-likeness (QED) is 0.782. The summed E-state index contributed by atoms with van der Waals surface area (Å²) >= 11 is 0. The zero-order valence-electron chi connectivity index (χ0n) is 12.1. The predicted octanol–water partition coefficient (Wildman–Crippen LogP) is 2.65. The lowest BCUT2D eigenvalue weighted by atomic mass is 10.2. The maximum absolute atomic E-state index is 5.73. The second-order valence-electron chi connectivity index (χ2n) is 5.03. The number of nitrogens with two attached hydrogens (primary N) is 1. The summed E-state index contributed by atoms with van der Waals surface area (Å²) < 4.78 is 7.85. The van der Waals surface area contributed by atoms with E-state index in [1.54, 1.807) is 0 Å². The molecule has 0 radical (unpaired) electrons. The van der Waals surface area contributed by atoms with Gasteiger partial charge in [-0.05, 0) is 29.8 Å². The molecule has 1 aromatic heterocycles. The van der Waals surface area contributed by atoms with Gasteiger partial charge in [-0.1, -0.05) is 24.3 Å². The molecule has 3 aromatic rings. The monoisotopic (exact) mass is 281 g/mol. The minimum Gasteiger partial charge on any atom is -0.493 e. The number of ether oxygens (including phenoxy) is 1. The summed E-state index contributed by atoms with van der Waals surface area (Å²) in [4.78, 5) is 4.66. The molecule has 3 rings (SSSR count). The number of aromatic nitrogens is 2. The number of benzene rings is 2. The summed E-state index contributed by atoms with van der Waals surface area (Å²) in [5.41, 5.74) is 8.94. The van der Waals surface area contributed by atoms with Crippen molar-refractivity contribution in [1.29, 1.82) is 0 Å². The summed E-state index contributed by atoms with van der Waals surface area (Å²) in [5.74, 6) is 1.91. The van der Waals surface area contributed by atoms with E-state index in [0.717, 1.165) is 34.6 Å². The van der Waals surface area contributed by atoms with Gasteiger partial charge in [0, 0.05) is 20.0 Å². The molecule has 0 atom stereocenters. The molecule has 4 nitrogen and oxygen atoms in total. The van der Waals surface area contributed by atoms with E-state index in [2.05, 4.69) is 15.6 Å². The smallest absolute Gasteiger partial charge is 0.119 e. The molecule has 0 aliphatic heterocycles. The zero-order valence-corrected chi connectivity index (χ0v) is 12.1. The third kappa shape index (κ3) is 2.90. The van der Waals surface area contributed by atoms with E-state index in [-0.39, 0.29) is 0 Å². The summed E-state index contributed by atoms with van der Waals surface area (Å²) in [7, 11) is 2.04. The van der Waals surface area contributed by atoms with E-state index in [4.69, 9.17) is 10.5 Å². The average Bonchev–Trinajstić information content (AvgIpc) is 2.84. The van der Waals surface area contributed by atoms with Crippen LogP contribution in [0, 0.1) is 0 Å². The van der Waals surface area contributed by atoms with Crippen molar-refractivity contribution in [2.24, 2.45) is 12.8 Å². The number of rotatable bonds is 5. The van der Waals surface area contributed by atoms with E-state index in [1.165, 1.54) is 0 Å². The van der Waals surface area contributed by atoms with E-state index in [1.807, 2.05) is 49.5 Å². The van der Waals surface area contributed by atoms with Crippen molar-refractivity contribution in [2.75, 3.05) is 6.61 Å². The van der Waals surface area contributed by atoms with Crippen LogP contribution in [0.3, 0.4) is 0 Å². The van der Waals surface area contributed by atoms with Gasteiger partial charge in [-0.25, -0.2) is 4.98 Å². The fourth-order valence-corrected chi connectivity index (χ4v) is 2.41. The standard InChI is InChI=1S/C17H19N3O/c1-20-16-11-13(12-18)7-8-15(16)19-17(20)9-10-21-14-5-3-2-4-6-14/h2-8,11H,9-10,12,18H2,1H3. The first kappa shape index (κ1) is 13.6. The Bertz CT molecular complexity index is 734. The van der Waals surface area contributed by atoms with Crippen molar-refractivity contribution in [2.45, 2.75) is 13.0 Å². The van der Waals surface area contributed by atoms with Gasteiger partial charge >= 0.3 is 0 Å². The fraction of sp³-hybridized carbons (Fsp3) is 0.235. The molecule has 0 saturated carbocycles. The van der Waals surface area contributed by atoms with Crippen LogP contribution in [0.1, 0.15) is 11.4 Å². The highest BCUT2D eigenvalue weighted by atomic mass is 16.5. The molecular formula is C17H19N3O. The normalized spacial score (nSPS) is 11.0. The predicted molar refractivity (Wildman–Crippen MR) is 84.2 cm³/mol. The molecule has 21 heavy (non-hydrogen) atoms. The SMILES string of the molecule is Cn1c(CCOc2ccccc2)nc2ccc(CN)cc21. The minimum atomic E-state index is 0.549. The first-order valence-corrected chi connectivity index (χ1v) is 7.10. The van der Waals surface area contributed by atoms with Gasteiger partial charge in [-0.3, -0.25) is 0 Å². The summed E-state index contributed by atoms with van der Waals surface area (Å²) in [6, 6.07) is 16.0. The van der Waals surface area contributed by atoms with Crippen LogP contribution in [0.5, 0.6) is 5.75 Å². The van der Waals surface area contributed by atoms with Crippen LogP contribution in [0.25, 0.3) is 11.0 Å². The Hall–Kier alpha value is -2.33. The molecule has 108 valence electrons. The van der Waals surface area contributed by atoms with Gasteiger partial charge in [0.15, 0.2) is 0 Å². The lowest BCUT2D eigenvalue weighted by Crippen LogP contribution is -2.06. The van der Waals surface area contributed by atoms with Crippen LogP contribution in [0.15, 0.2) is 48.5 Å². The number of hydrogen-bond acceptors (Lipinski definition) is 3. The largest absolute Gasteiger partial charge is 0.493 e. The van der Waals surface area contributed by atoms with Crippen LogP contribution in [-0.2, 0) is 20.0 Å². The van der Waals surface area contributed by atoms with Crippen molar-refractivity contribution in [3.05, 3.63) is 59.9 Å². The summed E-state index contributed by atoms with van der Waals surface area (Å²) in [5, 5.41) is 0. The Labute approximate surface area is 124 Å². The van der Waals surface area contributed by atoms with Gasteiger partial charge in [0.25, 0.3) is 0 Å². The molecule has 2 aromatic carbocycles. The molecule has 1 heterocycles. The fourth-order valence-electron chi connectivity index (χ4n) is 2.41. The highest BCUT2D eigenvalue weighted by Gasteiger charge is 2.08. The first-order chi connectivity index (χ1) is 10.3. The second-order valence-corrected chi connectivity index (χ2v) is 5.03. The van der Waals surface area contributed by atoms with E-state index >= 15 is 0 Å². The van der Waals surface area contributed by atoms with Gasteiger partial charge in [-0.15, -0.1) is 0 Å². The van der Waals surface area contributed by atoms with E-state index < -0.39 is 0 Å². The number of imidazole rings is 1. The van der Waals surface area contributed by atoms with Crippen molar-refractivity contribution < 1.29 is 4.74 Å². The molecule has 0 aliphatic rings. The number of para-hydroxylation sites is 1. The topological polar surface area (TPSA) is 53.1 Å². The molecule has 0 saturated heterocycles. The zero-order chi connectivity index (χ0) is 14.7. The van der Waals surface area contributed by atoms with E-state index in [0.29, 0.717) is 13.2 Å². The Kier molecular flexibility index (Phi) is 3.88. The van der Waals surface area contributed by atoms with Gasteiger partial charge < -0.3 is 15.0 Å². The van der Waals surface area contributed by atoms with Crippen molar-refractivity contribution in [3.8, 4) is 5.75 Å². The number of aryl methyl sites for hydroxylation is 1. The molecule has 0 unspecified atom stereocenters. The van der Waals surface area contributed by atoms with E-state index in [9.17, 15) is 0 Å². The van der Waals surface area contributed by atoms with Crippen molar-refractivity contribution >= 4 is 11.0 Å².